The number of hydrogen-bond acceptors (Lipinski definition) is 1. The monoisotopic (exact) mass is 365 g/mol. The molecular formula is C15H9ClIN. The second kappa shape index (κ2) is 4.86. The van der Waals surface area contributed by atoms with Crippen LogP contribution in [0.25, 0.3) is 22.0 Å². The quantitative estimate of drug-likeness (QED) is 0.429. The summed E-state index contributed by atoms with van der Waals surface area (Å²) in [5, 5.41) is 1.66. The number of fused-ring (bicyclic) bond motifs is 1. The predicted molar refractivity (Wildman–Crippen MR) is 84.9 cm³/mol. The number of halogens is 2. The molecule has 0 aliphatic rings. The van der Waals surface area contributed by atoms with Gasteiger partial charge in [-0.25, -0.2) is 4.98 Å². The summed E-state index contributed by atoms with van der Waals surface area (Å²) in [4.78, 5) is 4.38. The van der Waals surface area contributed by atoms with Crippen molar-refractivity contribution in [1.82, 2.24) is 4.98 Å². The van der Waals surface area contributed by atoms with Crippen LogP contribution < -0.4 is 0 Å². The first-order chi connectivity index (χ1) is 8.74. The molecule has 1 nitrogen and oxygen atoms in total. The molecule has 0 N–H and O–H groups in total. The molecule has 0 saturated heterocycles. The highest BCUT2D eigenvalue weighted by atomic mass is 127. The van der Waals surface area contributed by atoms with E-state index in [-0.39, 0.29) is 0 Å². The van der Waals surface area contributed by atoms with Crippen molar-refractivity contribution < 1.29 is 0 Å². The van der Waals surface area contributed by atoms with Gasteiger partial charge in [0.1, 0.15) is 5.15 Å². The molecule has 0 bridgehead atoms. The molecule has 2 aromatic carbocycles. The topological polar surface area (TPSA) is 12.9 Å². The van der Waals surface area contributed by atoms with Gasteiger partial charge in [-0.3, -0.25) is 0 Å². The lowest BCUT2D eigenvalue weighted by atomic mass is 10.0. The Morgan fingerprint density at radius 1 is 0.944 bits per heavy atom. The van der Waals surface area contributed by atoms with Crippen LogP contribution in [0.15, 0.2) is 54.6 Å². The van der Waals surface area contributed by atoms with Gasteiger partial charge in [-0.05, 0) is 51.9 Å². The van der Waals surface area contributed by atoms with Crippen LogP contribution in [0, 0.1) is 3.57 Å². The van der Waals surface area contributed by atoms with Crippen LogP contribution in [-0.2, 0) is 0 Å². The molecule has 1 heterocycles. The van der Waals surface area contributed by atoms with Crippen molar-refractivity contribution in [3.8, 4) is 11.1 Å². The van der Waals surface area contributed by atoms with Crippen molar-refractivity contribution in [3.05, 3.63) is 63.3 Å². The fourth-order valence-corrected chi connectivity index (χ4v) is 2.70. The summed E-state index contributed by atoms with van der Waals surface area (Å²) in [5.74, 6) is 0. The molecule has 1 aromatic heterocycles. The number of nitrogens with zero attached hydrogens (tertiary/aromatic N) is 1. The molecule has 3 rings (SSSR count). The zero-order valence-electron chi connectivity index (χ0n) is 9.40. The van der Waals surface area contributed by atoms with E-state index in [1.165, 1.54) is 0 Å². The molecule has 0 amide bonds. The third kappa shape index (κ3) is 2.22. The predicted octanol–water partition coefficient (Wildman–Crippen LogP) is 5.16. The summed E-state index contributed by atoms with van der Waals surface area (Å²) in [7, 11) is 0. The summed E-state index contributed by atoms with van der Waals surface area (Å²) in [5.41, 5.74) is 3.23. The third-order valence-corrected chi connectivity index (χ3v) is 3.69. The molecule has 0 aliphatic carbocycles. The lowest BCUT2D eigenvalue weighted by molar-refractivity contribution is 1.40. The number of rotatable bonds is 1. The molecule has 3 aromatic rings. The third-order valence-electron chi connectivity index (χ3n) is 2.83. The molecule has 0 spiro atoms. The summed E-state index contributed by atoms with van der Waals surface area (Å²) in [6, 6.07) is 18.4. The van der Waals surface area contributed by atoms with Crippen molar-refractivity contribution in [2.75, 3.05) is 0 Å². The van der Waals surface area contributed by atoms with Gasteiger partial charge in [0.25, 0.3) is 0 Å². The van der Waals surface area contributed by atoms with Crippen molar-refractivity contribution >= 4 is 45.1 Å². The van der Waals surface area contributed by atoms with Gasteiger partial charge in [-0.2, -0.15) is 0 Å². The maximum absolute atomic E-state index is 6.11. The minimum atomic E-state index is 0.531. The van der Waals surface area contributed by atoms with Crippen molar-refractivity contribution in [1.29, 1.82) is 0 Å². The van der Waals surface area contributed by atoms with Crippen molar-refractivity contribution in [2.24, 2.45) is 0 Å². The lowest BCUT2D eigenvalue weighted by Crippen LogP contribution is -1.86. The first kappa shape index (κ1) is 11.9. The average Bonchev–Trinajstić information content (AvgIpc) is 2.38. The van der Waals surface area contributed by atoms with Crippen LogP contribution in [-0.4, -0.2) is 4.98 Å². The van der Waals surface area contributed by atoms with E-state index in [1.54, 1.807) is 0 Å². The number of benzene rings is 2. The highest BCUT2D eigenvalue weighted by molar-refractivity contribution is 14.1. The number of pyridine rings is 1. The van der Waals surface area contributed by atoms with E-state index in [0.29, 0.717) is 5.15 Å². The molecule has 3 heteroatoms. The van der Waals surface area contributed by atoms with Crippen LogP contribution in [0.5, 0.6) is 0 Å². The van der Waals surface area contributed by atoms with Crippen LogP contribution in [0.1, 0.15) is 0 Å². The second-order valence-electron chi connectivity index (χ2n) is 4.02. The van der Waals surface area contributed by atoms with Crippen LogP contribution in [0.3, 0.4) is 0 Å². The average molecular weight is 366 g/mol. The normalized spacial score (nSPS) is 10.8. The Hall–Kier alpha value is -1.13. The Bertz CT molecular complexity index is 705. The SMILES string of the molecule is Clc1cc(-c2ccccc2)c2ccc(I)cc2n1. The van der Waals surface area contributed by atoms with Gasteiger partial charge in [-0.1, -0.05) is 48.0 Å². The standard InChI is InChI=1S/C15H9ClIN/c16-15-9-13(10-4-2-1-3-5-10)12-7-6-11(17)8-14(12)18-15/h1-9H. The molecule has 0 saturated carbocycles. The Kier molecular flexibility index (Phi) is 3.22. The summed E-state index contributed by atoms with van der Waals surface area (Å²) >= 11 is 8.40. The molecule has 0 fully saturated rings. The zero-order valence-corrected chi connectivity index (χ0v) is 12.3. The summed E-state index contributed by atoms with van der Waals surface area (Å²) in [6.45, 7) is 0. The van der Waals surface area contributed by atoms with E-state index >= 15 is 0 Å². The van der Waals surface area contributed by atoms with E-state index in [2.05, 4.69) is 51.8 Å². The molecule has 88 valence electrons. The lowest BCUT2D eigenvalue weighted by Gasteiger charge is -2.07. The summed E-state index contributed by atoms with van der Waals surface area (Å²) in [6.07, 6.45) is 0. The Labute approximate surface area is 124 Å². The molecular weight excluding hydrogens is 357 g/mol. The van der Waals surface area contributed by atoms with Crippen molar-refractivity contribution in [2.45, 2.75) is 0 Å². The fraction of sp³-hybridized carbons (Fsp3) is 0. The van der Waals surface area contributed by atoms with Gasteiger partial charge in [0.15, 0.2) is 0 Å². The summed E-state index contributed by atoms with van der Waals surface area (Å²) < 4.78 is 1.16. The molecule has 18 heavy (non-hydrogen) atoms. The minimum Gasteiger partial charge on any atom is -0.236 e. The van der Waals surface area contributed by atoms with Gasteiger partial charge in [0, 0.05) is 8.96 Å². The van der Waals surface area contributed by atoms with Gasteiger partial charge >= 0.3 is 0 Å². The number of aromatic nitrogens is 1. The first-order valence-electron chi connectivity index (χ1n) is 5.55. The van der Waals surface area contributed by atoms with Crippen LogP contribution >= 0.6 is 34.2 Å². The smallest absolute Gasteiger partial charge is 0.130 e. The Morgan fingerprint density at radius 3 is 2.50 bits per heavy atom. The minimum absolute atomic E-state index is 0.531. The number of hydrogen-bond donors (Lipinski definition) is 0. The zero-order chi connectivity index (χ0) is 12.5. The van der Waals surface area contributed by atoms with E-state index in [1.807, 2.05) is 30.3 Å². The Morgan fingerprint density at radius 2 is 1.72 bits per heavy atom. The van der Waals surface area contributed by atoms with E-state index in [9.17, 15) is 0 Å². The van der Waals surface area contributed by atoms with Crippen LogP contribution in [0.2, 0.25) is 5.15 Å². The van der Waals surface area contributed by atoms with Gasteiger partial charge in [0.2, 0.25) is 0 Å². The maximum Gasteiger partial charge on any atom is 0.130 e. The fourth-order valence-electron chi connectivity index (χ4n) is 2.03. The highest BCUT2D eigenvalue weighted by Gasteiger charge is 2.07. The highest BCUT2D eigenvalue weighted by Crippen LogP contribution is 2.30. The molecule has 0 aliphatic heterocycles. The van der Waals surface area contributed by atoms with Gasteiger partial charge in [-0.15, -0.1) is 0 Å². The molecule has 0 radical (unpaired) electrons. The molecule has 0 unspecified atom stereocenters. The van der Waals surface area contributed by atoms with E-state index in [0.717, 1.165) is 25.6 Å². The van der Waals surface area contributed by atoms with Gasteiger partial charge in [0.05, 0.1) is 5.52 Å². The largest absolute Gasteiger partial charge is 0.236 e. The van der Waals surface area contributed by atoms with Gasteiger partial charge < -0.3 is 0 Å². The molecule has 0 atom stereocenters. The first-order valence-corrected chi connectivity index (χ1v) is 7.01. The van der Waals surface area contributed by atoms with Crippen LogP contribution in [0.4, 0.5) is 0 Å². The van der Waals surface area contributed by atoms with E-state index in [4.69, 9.17) is 11.6 Å². The maximum atomic E-state index is 6.11. The van der Waals surface area contributed by atoms with Crippen molar-refractivity contribution in [3.63, 3.8) is 0 Å². The Balaban J connectivity index is 2.35. The second-order valence-corrected chi connectivity index (χ2v) is 5.65. The van der Waals surface area contributed by atoms with E-state index < -0.39 is 0 Å².